The number of nitrogens with one attached hydrogen (secondary N) is 1. The standard InChI is InChI=1S/C17H27Cl2NO/c1-5-9-20-17(12(6-2)7-3)13-10-15(19)16(21-8-4)11-14(13)18/h10-12,17,20H,5-9H2,1-4H3. The zero-order valence-electron chi connectivity index (χ0n) is 13.5. The Bertz CT molecular complexity index is 433. The molecule has 0 fully saturated rings. The van der Waals surface area contributed by atoms with Crippen LogP contribution in [0.15, 0.2) is 12.1 Å². The molecule has 1 atom stereocenters. The first-order valence-electron chi connectivity index (χ1n) is 7.93. The third-order valence-electron chi connectivity index (χ3n) is 3.82. The highest BCUT2D eigenvalue weighted by Crippen LogP contribution is 2.38. The fourth-order valence-corrected chi connectivity index (χ4v) is 3.14. The van der Waals surface area contributed by atoms with Crippen molar-refractivity contribution in [1.82, 2.24) is 5.32 Å². The molecule has 1 aromatic carbocycles. The van der Waals surface area contributed by atoms with E-state index in [1.54, 1.807) is 0 Å². The van der Waals surface area contributed by atoms with Crippen molar-refractivity contribution in [2.45, 2.75) is 53.0 Å². The second-order valence-corrected chi connectivity index (χ2v) is 6.06. The van der Waals surface area contributed by atoms with Crippen LogP contribution in [0.3, 0.4) is 0 Å². The van der Waals surface area contributed by atoms with Gasteiger partial charge in [-0.15, -0.1) is 0 Å². The molecule has 0 bridgehead atoms. The van der Waals surface area contributed by atoms with Crippen LogP contribution in [0, 0.1) is 5.92 Å². The topological polar surface area (TPSA) is 21.3 Å². The van der Waals surface area contributed by atoms with E-state index >= 15 is 0 Å². The highest BCUT2D eigenvalue weighted by molar-refractivity contribution is 6.34. The Hall–Kier alpha value is -0.440. The maximum Gasteiger partial charge on any atom is 0.139 e. The van der Waals surface area contributed by atoms with E-state index in [1.807, 2.05) is 19.1 Å². The van der Waals surface area contributed by atoms with Crippen molar-refractivity contribution >= 4 is 23.2 Å². The second-order valence-electron chi connectivity index (χ2n) is 5.25. The Labute approximate surface area is 139 Å². The first-order chi connectivity index (χ1) is 10.1. The van der Waals surface area contributed by atoms with Gasteiger partial charge in [-0.1, -0.05) is 56.8 Å². The minimum atomic E-state index is 0.237. The van der Waals surface area contributed by atoms with Crippen LogP contribution in [0.25, 0.3) is 0 Å². The summed E-state index contributed by atoms with van der Waals surface area (Å²) < 4.78 is 5.51. The van der Waals surface area contributed by atoms with Gasteiger partial charge in [-0.2, -0.15) is 0 Å². The van der Waals surface area contributed by atoms with Gasteiger partial charge in [0.25, 0.3) is 0 Å². The van der Waals surface area contributed by atoms with Gasteiger partial charge >= 0.3 is 0 Å². The summed E-state index contributed by atoms with van der Waals surface area (Å²) in [5.41, 5.74) is 1.08. The van der Waals surface area contributed by atoms with E-state index in [0.717, 1.165) is 36.4 Å². The molecule has 0 heterocycles. The van der Waals surface area contributed by atoms with Crippen LogP contribution in [0.2, 0.25) is 10.0 Å². The molecule has 0 radical (unpaired) electrons. The Morgan fingerprint density at radius 3 is 2.24 bits per heavy atom. The van der Waals surface area contributed by atoms with Gasteiger partial charge in [0.2, 0.25) is 0 Å². The lowest BCUT2D eigenvalue weighted by Gasteiger charge is -2.28. The van der Waals surface area contributed by atoms with E-state index in [4.69, 9.17) is 27.9 Å². The Balaban J connectivity index is 3.14. The van der Waals surface area contributed by atoms with E-state index in [0.29, 0.717) is 23.3 Å². The van der Waals surface area contributed by atoms with E-state index in [2.05, 4.69) is 26.1 Å². The Morgan fingerprint density at radius 2 is 1.71 bits per heavy atom. The lowest BCUT2D eigenvalue weighted by atomic mass is 9.88. The van der Waals surface area contributed by atoms with Gasteiger partial charge < -0.3 is 10.1 Å². The molecule has 0 aliphatic heterocycles. The largest absolute Gasteiger partial charge is 0.492 e. The van der Waals surface area contributed by atoms with Crippen molar-refractivity contribution in [2.24, 2.45) is 5.92 Å². The van der Waals surface area contributed by atoms with Gasteiger partial charge in [-0.05, 0) is 37.4 Å². The zero-order chi connectivity index (χ0) is 15.8. The van der Waals surface area contributed by atoms with Crippen LogP contribution in [-0.2, 0) is 0 Å². The molecule has 1 rings (SSSR count). The lowest BCUT2D eigenvalue weighted by Crippen LogP contribution is -2.29. The monoisotopic (exact) mass is 331 g/mol. The SMILES string of the molecule is CCCNC(c1cc(Cl)c(OCC)cc1Cl)C(CC)CC. The minimum absolute atomic E-state index is 0.237. The molecular weight excluding hydrogens is 305 g/mol. The quantitative estimate of drug-likeness (QED) is 0.611. The van der Waals surface area contributed by atoms with Gasteiger partial charge in [-0.25, -0.2) is 0 Å². The molecule has 0 aliphatic carbocycles. The van der Waals surface area contributed by atoms with Gasteiger partial charge in [0.05, 0.1) is 11.6 Å². The molecule has 0 saturated carbocycles. The van der Waals surface area contributed by atoms with E-state index < -0.39 is 0 Å². The average Bonchev–Trinajstić information content (AvgIpc) is 2.47. The van der Waals surface area contributed by atoms with E-state index in [-0.39, 0.29) is 6.04 Å². The van der Waals surface area contributed by atoms with Crippen molar-refractivity contribution in [3.05, 3.63) is 27.7 Å². The molecule has 2 nitrogen and oxygen atoms in total. The molecule has 1 N–H and O–H groups in total. The van der Waals surface area contributed by atoms with Gasteiger partial charge in [-0.3, -0.25) is 0 Å². The molecule has 0 aromatic heterocycles. The third-order valence-corrected chi connectivity index (χ3v) is 4.44. The number of rotatable bonds is 9. The number of hydrogen-bond acceptors (Lipinski definition) is 2. The normalized spacial score (nSPS) is 12.7. The number of ether oxygens (including phenoxy) is 1. The third kappa shape index (κ3) is 5.05. The van der Waals surface area contributed by atoms with Crippen molar-refractivity contribution < 1.29 is 4.74 Å². The van der Waals surface area contributed by atoms with Crippen molar-refractivity contribution in [2.75, 3.05) is 13.2 Å². The van der Waals surface area contributed by atoms with Crippen molar-refractivity contribution in [3.8, 4) is 5.75 Å². The number of hydrogen-bond donors (Lipinski definition) is 1. The van der Waals surface area contributed by atoms with Crippen molar-refractivity contribution in [1.29, 1.82) is 0 Å². The maximum absolute atomic E-state index is 6.49. The molecule has 120 valence electrons. The summed E-state index contributed by atoms with van der Waals surface area (Å²) >= 11 is 12.8. The summed E-state index contributed by atoms with van der Waals surface area (Å²) in [5, 5.41) is 4.98. The number of benzene rings is 1. The predicted octanol–water partition coefficient (Wildman–Crippen LogP) is 5.87. The molecule has 21 heavy (non-hydrogen) atoms. The molecule has 1 unspecified atom stereocenters. The van der Waals surface area contributed by atoms with Crippen LogP contribution >= 0.6 is 23.2 Å². The predicted molar refractivity (Wildman–Crippen MR) is 92.7 cm³/mol. The molecule has 1 aromatic rings. The first-order valence-corrected chi connectivity index (χ1v) is 8.69. The highest BCUT2D eigenvalue weighted by Gasteiger charge is 2.23. The summed E-state index contributed by atoms with van der Waals surface area (Å²) in [6.45, 7) is 10.1. The van der Waals surface area contributed by atoms with E-state index in [1.165, 1.54) is 0 Å². The van der Waals surface area contributed by atoms with Crippen LogP contribution in [-0.4, -0.2) is 13.2 Å². The average molecular weight is 332 g/mol. The number of halogens is 2. The summed E-state index contributed by atoms with van der Waals surface area (Å²) in [6.07, 6.45) is 3.32. The fourth-order valence-electron chi connectivity index (χ4n) is 2.64. The summed E-state index contributed by atoms with van der Waals surface area (Å²) in [4.78, 5) is 0. The van der Waals surface area contributed by atoms with Crippen molar-refractivity contribution in [3.63, 3.8) is 0 Å². The van der Waals surface area contributed by atoms with E-state index in [9.17, 15) is 0 Å². The van der Waals surface area contributed by atoms with Gasteiger partial charge in [0, 0.05) is 17.1 Å². The van der Waals surface area contributed by atoms with Crippen LogP contribution in [0.1, 0.15) is 58.6 Å². The van der Waals surface area contributed by atoms with Gasteiger partial charge in [0.15, 0.2) is 0 Å². The summed E-state index contributed by atoms with van der Waals surface area (Å²) in [7, 11) is 0. The Morgan fingerprint density at radius 1 is 1.05 bits per heavy atom. The maximum atomic E-state index is 6.49. The molecular formula is C17H27Cl2NO. The lowest BCUT2D eigenvalue weighted by molar-refractivity contribution is 0.335. The van der Waals surface area contributed by atoms with Crippen LogP contribution < -0.4 is 10.1 Å². The molecule has 0 aliphatic rings. The molecule has 0 saturated heterocycles. The molecule has 0 spiro atoms. The van der Waals surface area contributed by atoms with Crippen LogP contribution in [0.4, 0.5) is 0 Å². The first kappa shape index (κ1) is 18.6. The molecule has 4 heteroatoms. The van der Waals surface area contributed by atoms with Gasteiger partial charge in [0.1, 0.15) is 5.75 Å². The molecule has 0 amide bonds. The highest BCUT2D eigenvalue weighted by atomic mass is 35.5. The minimum Gasteiger partial charge on any atom is -0.492 e. The smallest absolute Gasteiger partial charge is 0.139 e. The Kier molecular flexibility index (Phi) is 8.46. The van der Waals surface area contributed by atoms with Crippen LogP contribution in [0.5, 0.6) is 5.75 Å². The second kappa shape index (κ2) is 9.55. The summed E-state index contributed by atoms with van der Waals surface area (Å²) in [5.74, 6) is 1.20. The fraction of sp³-hybridized carbons (Fsp3) is 0.647. The zero-order valence-corrected chi connectivity index (χ0v) is 15.0. The summed E-state index contributed by atoms with van der Waals surface area (Å²) in [6, 6.07) is 4.03.